The van der Waals surface area contributed by atoms with Gasteiger partial charge < -0.3 is 14.5 Å². The van der Waals surface area contributed by atoms with Gasteiger partial charge in [0.2, 0.25) is 11.8 Å². The second kappa shape index (κ2) is 7.26. The number of hydrogen-bond acceptors (Lipinski definition) is 5. The smallest absolute Gasteiger partial charge is 0.251 e. The Morgan fingerprint density at radius 3 is 2.83 bits per heavy atom. The highest BCUT2D eigenvalue weighted by atomic mass is 16.5. The number of nitrogens with zero attached hydrogens (tertiary/aromatic N) is 2. The number of benzene rings is 1. The van der Waals surface area contributed by atoms with Gasteiger partial charge in [-0.25, -0.2) is 0 Å². The number of rotatable bonds is 5. The van der Waals surface area contributed by atoms with E-state index in [1.807, 2.05) is 24.3 Å². The highest BCUT2D eigenvalue weighted by molar-refractivity contribution is 5.78. The largest absolute Gasteiger partial charge is 0.496 e. The van der Waals surface area contributed by atoms with E-state index in [0.717, 1.165) is 31.2 Å². The summed E-state index contributed by atoms with van der Waals surface area (Å²) in [6, 6.07) is 7.46. The Balaban J connectivity index is 1.62. The Hall–Kier alpha value is -2.37. The van der Waals surface area contributed by atoms with Crippen molar-refractivity contribution in [3.05, 3.63) is 30.2 Å². The summed E-state index contributed by atoms with van der Waals surface area (Å²) in [4.78, 5) is 12.1. The van der Waals surface area contributed by atoms with Gasteiger partial charge in [-0.1, -0.05) is 31.4 Å². The van der Waals surface area contributed by atoms with Gasteiger partial charge in [0.25, 0.3) is 5.89 Å². The van der Waals surface area contributed by atoms with E-state index in [1.54, 1.807) is 7.11 Å². The normalized spacial score (nSPS) is 15.3. The quantitative estimate of drug-likeness (QED) is 0.918. The fraction of sp³-hybridized carbons (Fsp3) is 0.471. The summed E-state index contributed by atoms with van der Waals surface area (Å²) in [6.07, 6.45) is 5.45. The minimum Gasteiger partial charge on any atom is -0.496 e. The van der Waals surface area contributed by atoms with Crippen molar-refractivity contribution >= 4 is 5.91 Å². The van der Waals surface area contributed by atoms with Crippen LogP contribution in [0.5, 0.6) is 5.75 Å². The maximum atomic E-state index is 12.1. The predicted octanol–water partition coefficient (Wildman–Crippen LogP) is 2.94. The van der Waals surface area contributed by atoms with Crippen LogP contribution in [0.1, 0.15) is 38.0 Å². The lowest BCUT2D eigenvalue weighted by Gasteiger charge is -2.20. The van der Waals surface area contributed by atoms with E-state index in [2.05, 4.69) is 15.5 Å². The summed E-state index contributed by atoms with van der Waals surface area (Å²) in [5, 5.41) is 10.9. The molecule has 1 heterocycles. The molecule has 3 rings (SSSR count). The Labute approximate surface area is 135 Å². The molecule has 0 bridgehead atoms. The lowest BCUT2D eigenvalue weighted by Crippen LogP contribution is -2.31. The van der Waals surface area contributed by atoms with Gasteiger partial charge >= 0.3 is 0 Å². The lowest BCUT2D eigenvalue weighted by molar-refractivity contribution is -0.126. The number of aromatic nitrogens is 2. The van der Waals surface area contributed by atoms with E-state index in [0.29, 0.717) is 17.5 Å². The van der Waals surface area contributed by atoms with Gasteiger partial charge in [-0.2, -0.15) is 0 Å². The van der Waals surface area contributed by atoms with Crippen LogP contribution in [0.2, 0.25) is 0 Å². The fourth-order valence-corrected chi connectivity index (χ4v) is 2.93. The molecule has 0 aliphatic heterocycles. The van der Waals surface area contributed by atoms with Crippen molar-refractivity contribution in [1.82, 2.24) is 15.5 Å². The van der Waals surface area contributed by atoms with Crippen LogP contribution in [0.4, 0.5) is 0 Å². The van der Waals surface area contributed by atoms with Crippen molar-refractivity contribution < 1.29 is 13.9 Å². The van der Waals surface area contributed by atoms with Crippen molar-refractivity contribution in [2.24, 2.45) is 5.92 Å². The number of hydrogen-bond donors (Lipinski definition) is 1. The van der Waals surface area contributed by atoms with Gasteiger partial charge in [-0.15, -0.1) is 10.2 Å². The summed E-state index contributed by atoms with van der Waals surface area (Å²) >= 11 is 0. The van der Waals surface area contributed by atoms with Crippen molar-refractivity contribution in [1.29, 1.82) is 0 Å². The Bertz CT molecular complexity index is 663. The highest BCUT2D eigenvalue weighted by Crippen LogP contribution is 2.28. The van der Waals surface area contributed by atoms with Crippen LogP contribution in [0, 0.1) is 5.92 Å². The summed E-state index contributed by atoms with van der Waals surface area (Å²) < 4.78 is 10.9. The van der Waals surface area contributed by atoms with Crippen LogP contribution in [0.15, 0.2) is 28.7 Å². The fourth-order valence-electron chi connectivity index (χ4n) is 2.93. The standard InChI is InChI=1S/C17H21N3O3/c1-22-14-10-6-5-9-13(14)17-20-19-15(23-17)11-18-16(21)12-7-3-2-4-8-12/h5-6,9-10,12H,2-4,7-8,11H2,1H3,(H,18,21). The van der Waals surface area contributed by atoms with Crippen molar-refractivity contribution in [3.8, 4) is 17.2 Å². The highest BCUT2D eigenvalue weighted by Gasteiger charge is 2.21. The molecular formula is C17H21N3O3. The van der Waals surface area contributed by atoms with E-state index in [-0.39, 0.29) is 18.4 Å². The third kappa shape index (κ3) is 3.70. The molecule has 6 nitrogen and oxygen atoms in total. The average Bonchev–Trinajstić information content (AvgIpc) is 3.09. The molecule has 23 heavy (non-hydrogen) atoms. The van der Waals surface area contributed by atoms with Gasteiger partial charge in [-0.3, -0.25) is 4.79 Å². The molecule has 1 aliphatic rings. The molecule has 0 unspecified atom stereocenters. The summed E-state index contributed by atoms with van der Waals surface area (Å²) in [6.45, 7) is 0.261. The SMILES string of the molecule is COc1ccccc1-c1nnc(CNC(=O)C2CCCCC2)o1. The van der Waals surface area contributed by atoms with Gasteiger partial charge in [0, 0.05) is 5.92 Å². The number of methoxy groups -OCH3 is 1. The molecule has 0 saturated heterocycles. The topological polar surface area (TPSA) is 77.3 Å². The third-order valence-corrected chi connectivity index (χ3v) is 4.19. The van der Waals surface area contributed by atoms with E-state index in [4.69, 9.17) is 9.15 Å². The molecule has 6 heteroatoms. The lowest BCUT2D eigenvalue weighted by atomic mass is 9.89. The van der Waals surface area contributed by atoms with Crippen LogP contribution in [-0.2, 0) is 11.3 Å². The van der Waals surface area contributed by atoms with Gasteiger partial charge in [0.1, 0.15) is 5.75 Å². The second-order valence-corrected chi connectivity index (χ2v) is 5.75. The number of nitrogens with one attached hydrogen (secondary N) is 1. The van der Waals surface area contributed by atoms with Crippen LogP contribution >= 0.6 is 0 Å². The van der Waals surface area contributed by atoms with E-state index < -0.39 is 0 Å². The van der Waals surface area contributed by atoms with Crippen molar-refractivity contribution in [3.63, 3.8) is 0 Å². The van der Waals surface area contributed by atoms with Crippen LogP contribution in [0.25, 0.3) is 11.5 Å². The van der Waals surface area contributed by atoms with Crippen LogP contribution < -0.4 is 10.1 Å². The number of ether oxygens (including phenoxy) is 1. The zero-order chi connectivity index (χ0) is 16.1. The molecule has 1 aromatic carbocycles. The minimum absolute atomic E-state index is 0.0849. The summed E-state index contributed by atoms with van der Waals surface area (Å²) in [5.74, 6) is 1.68. The van der Waals surface area contributed by atoms with Crippen LogP contribution in [-0.4, -0.2) is 23.2 Å². The van der Waals surface area contributed by atoms with Gasteiger partial charge in [0.05, 0.1) is 19.2 Å². The molecule has 1 saturated carbocycles. The Kier molecular flexibility index (Phi) is 4.90. The first-order valence-electron chi connectivity index (χ1n) is 8.01. The zero-order valence-corrected chi connectivity index (χ0v) is 13.2. The molecule has 122 valence electrons. The first-order valence-corrected chi connectivity index (χ1v) is 8.01. The predicted molar refractivity (Wildman–Crippen MR) is 84.7 cm³/mol. The molecule has 1 aromatic heterocycles. The minimum atomic E-state index is 0.0849. The summed E-state index contributed by atoms with van der Waals surface area (Å²) in [7, 11) is 1.60. The first-order chi connectivity index (χ1) is 11.3. The Morgan fingerprint density at radius 1 is 1.26 bits per heavy atom. The number of amides is 1. The first kappa shape index (κ1) is 15.5. The van der Waals surface area contributed by atoms with Crippen LogP contribution in [0.3, 0.4) is 0 Å². The van der Waals surface area contributed by atoms with E-state index >= 15 is 0 Å². The van der Waals surface area contributed by atoms with E-state index in [1.165, 1.54) is 6.42 Å². The third-order valence-electron chi connectivity index (χ3n) is 4.19. The Morgan fingerprint density at radius 2 is 2.04 bits per heavy atom. The zero-order valence-electron chi connectivity index (χ0n) is 13.2. The van der Waals surface area contributed by atoms with Gasteiger partial charge in [-0.05, 0) is 25.0 Å². The maximum Gasteiger partial charge on any atom is 0.251 e. The van der Waals surface area contributed by atoms with Gasteiger partial charge in [0.15, 0.2) is 0 Å². The molecule has 1 aliphatic carbocycles. The monoisotopic (exact) mass is 315 g/mol. The van der Waals surface area contributed by atoms with Crippen molar-refractivity contribution in [2.75, 3.05) is 7.11 Å². The maximum absolute atomic E-state index is 12.1. The molecular weight excluding hydrogens is 294 g/mol. The van der Waals surface area contributed by atoms with E-state index in [9.17, 15) is 4.79 Å². The molecule has 2 aromatic rings. The molecule has 1 N–H and O–H groups in total. The average molecular weight is 315 g/mol. The molecule has 0 radical (unpaired) electrons. The molecule has 1 fully saturated rings. The number of carbonyl (C=O) groups is 1. The second-order valence-electron chi connectivity index (χ2n) is 5.75. The summed E-state index contributed by atoms with van der Waals surface area (Å²) in [5.41, 5.74) is 0.743. The molecule has 0 atom stereocenters. The molecule has 0 spiro atoms. The molecule has 1 amide bonds. The number of para-hydroxylation sites is 1. The van der Waals surface area contributed by atoms with Crippen molar-refractivity contribution in [2.45, 2.75) is 38.6 Å². The number of carbonyl (C=O) groups excluding carboxylic acids is 1.